The highest BCUT2D eigenvalue weighted by molar-refractivity contribution is 7.87. The van der Waals surface area contributed by atoms with Gasteiger partial charge < -0.3 is 10.2 Å². The second-order valence-electron chi connectivity index (χ2n) is 4.49. The third kappa shape index (κ3) is 4.18. The lowest BCUT2D eigenvalue weighted by molar-refractivity contribution is 0.181. The van der Waals surface area contributed by atoms with E-state index in [9.17, 15) is 8.42 Å². The predicted octanol–water partition coefficient (Wildman–Crippen LogP) is -0.561. The number of hydrogen-bond donors (Lipinski definition) is 3. The number of nitrogens with zero attached hydrogens (tertiary/aromatic N) is 1. The van der Waals surface area contributed by atoms with Crippen LogP contribution in [0.15, 0.2) is 0 Å². The molecule has 0 aliphatic heterocycles. The fourth-order valence-corrected chi connectivity index (χ4v) is 3.41. The van der Waals surface area contributed by atoms with E-state index in [4.69, 9.17) is 10.2 Å². The molecular formula is C10H22N2O4S. The molecular weight excluding hydrogens is 244 g/mol. The van der Waals surface area contributed by atoms with E-state index in [0.29, 0.717) is 0 Å². The van der Waals surface area contributed by atoms with E-state index in [1.807, 2.05) is 0 Å². The van der Waals surface area contributed by atoms with Crippen LogP contribution in [0.5, 0.6) is 0 Å². The van der Waals surface area contributed by atoms with Crippen molar-refractivity contribution in [3.8, 4) is 0 Å². The number of aliphatic hydroxyl groups is 2. The summed E-state index contributed by atoms with van der Waals surface area (Å²) in [6, 6.07) is -0.801. The van der Waals surface area contributed by atoms with E-state index in [1.54, 1.807) is 7.05 Å². The average molecular weight is 266 g/mol. The lowest BCUT2D eigenvalue weighted by atomic mass is 9.96. The van der Waals surface area contributed by atoms with Crippen LogP contribution in [0.3, 0.4) is 0 Å². The molecule has 1 fully saturated rings. The van der Waals surface area contributed by atoms with Gasteiger partial charge in [0.15, 0.2) is 0 Å². The molecule has 0 bridgehead atoms. The predicted molar refractivity (Wildman–Crippen MR) is 64.7 cm³/mol. The zero-order valence-electron chi connectivity index (χ0n) is 10.2. The van der Waals surface area contributed by atoms with Crippen LogP contribution < -0.4 is 4.72 Å². The molecule has 0 radical (unpaired) electrons. The van der Waals surface area contributed by atoms with Crippen molar-refractivity contribution in [3.63, 3.8) is 0 Å². The largest absolute Gasteiger partial charge is 0.395 e. The Balaban J connectivity index is 2.61. The van der Waals surface area contributed by atoms with E-state index >= 15 is 0 Å². The topological polar surface area (TPSA) is 89.9 Å². The molecule has 7 heteroatoms. The quantitative estimate of drug-likeness (QED) is 0.601. The summed E-state index contributed by atoms with van der Waals surface area (Å²) in [5.41, 5.74) is 0. The molecule has 0 aromatic heterocycles. The van der Waals surface area contributed by atoms with Crippen LogP contribution in [0.4, 0.5) is 0 Å². The monoisotopic (exact) mass is 266 g/mol. The van der Waals surface area contributed by atoms with Gasteiger partial charge in [-0.3, -0.25) is 0 Å². The standard InChI is InChI=1S/C10H22N2O4S/c1-12(10-5-3-2-4-6-10)17(15,16)11-9(7-13)8-14/h9-11,13-14H,2-8H2,1H3. The third-order valence-electron chi connectivity index (χ3n) is 3.22. The molecule has 1 aliphatic carbocycles. The first-order valence-corrected chi connectivity index (χ1v) is 7.42. The zero-order valence-corrected chi connectivity index (χ0v) is 11.0. The van der Waals surface area contributed by atoms with Gasteiger partial charge in [0.25, 0.3) is 10.2 Å². The van der Waals surface area contributed by atoms with E-state index in [1.165, 1.54) is 4.31 Å². The van der Waals surface area contributed by atoms with Crippen molar-refractivity contribution in [1.29, 1.82) is 0 Å². The van der Waals surface area contributed by atoms with Gasteiger partial charge in [-0.25, -0.2) is 0 Å². The first-order valence-electron chi connectivity index (χ1n) is 5.98. The summed E-state index contributed by atoms with van der Waals surface area (Å²) in [7, 11) is -2.07. The second kappa shape index (κ2) is 6.65. The molecule has 0 spiro atoms. The van der Waals surface area contributed by atoms with Crippen molar-refractivity contribution in [2.75, 3.05) is 20.3 Å². The molecule has 1 rings (SSSR count). The van der Waals surface area contributed by atoms with Crippen LogP contribution in [-0.2, 0) is 10.2 Å². The Hall–Kier alpha value is -0.210. The highest BCUT2D eigenvalue weighted by atomic mass is 32.2. The fraction of sp³-hybridized carbons (Fsp3) is 1.00. The smallest absolute Gasteiger partial charge is 0.279 e. The SMILES string of the molecule is CN(C1CCCCC1)S(=O)(=O)NC(CO)CO. The van der Waals surface area contributed by atoms with E-state index in [0.717, 1.165) is 32.1 Å². The Morgan fingerprint density at radius 1 is 1.24 bits per heavy atom. The number of hydrogen-bond acceptors (Lipinski definition) is 4. The first kappa shape index (κ1) is 14.8. The Labute approximate surface area is 103 Å². The second-order valence-corrected chi connectivity index (χ2v) is 6.25. The maximum atomic E-state index is 12.0. The maximum absolute atomic E-state index is 12.0. The van der Waals surface area contributed by atoms with Gasteiger partial charge in [-0.05, 0) is 12.8 Å². The van der Waals surface area contributed by atoms with Gasteiger partial charge in [0.1, 0.15) is 0 Å². The summed E-state index contributed by atoms with van der Waals surface area (Å²) < 4.78 is 27.5. The minimum Gasteiger partial charge on any atom is -0.395 e. The molecule has 102 valence electrons. The van der Waals surface area contributed by atoms with Gasteiger partial charge >= 0.3 is 0 Å². The summed E-state index contributed by atoms with van der Waals surface area (Å²) in [5.74, 6) is 0. The Morgan fingerprint density at radius 2 is 1.76 bits per heavy atom. The summed E-state index contributed by atoms with van der Waals surface area (Å²) in [5, 5.41) is 17.8. The first-order chi connectivity index (χ1) is 8.01. The lowest BCUT2D eigenvalue weighted by Gasteiger charge is -2.31. The van der Waals surface area contributed by atoms with Gasteiger partial charge in [-0.1, -0.05) is 19.3 Å². The van der Waals surface area contributed by atoms with Crippen LogP contribution in [0.25, 0.3) is 0 Å². The minimum absolute atomic E-state index is 0.0271. The molecule has 0 unspecified atom stereocenters. The van der Waals surface area contributed by atoms with Crippen molar-refractivity contribution in [2.24, 2.45) is 0 Å². The molecule has 0 heterocycles. The highest BCUT2D eigenvalue weighted by Crippen LogP contribution is 2.22. The van der Waals surface area contributed by atoms with Crippen LogP contribution in [-0.4, -0.2) is 55.3 Å². The van der Waals surface area contributed by atoms with Crippen LogP contribution in [0, 0.1) is 0 Å². The molecule has 0 atom stereocenters. The summed E-state index contributed by atoms with van der Waals surface area (Å²) in [6.07, 6.45) is 5.01. The van der Waals surface area contributed by atoms with Crippen LogP contribution in [0.1, 0.15) is 32.1 Å². The summed E-state index contributed by atoms with van der Waals surface area (Å²) >= 11 is 0. The van der Waals surface area contributed by atoms with Gasteiger partial charge in [0, 0.05) is 13.1 Å². The van der Waals surface area contributed by atoms with Crippen molar-refractivity contribution in [2.45, 2.75) is 44.2 Å². The van der Waals surface area contributed by atoms with Crippen molar-refractivity contribution >= 4 is 10.2 Å². The summed E-state index contributed by atoms with van der Waals surface area (Å²) in [6.45, 7) is -0.817. The van der Waals surface area contributed by atoms with Gasteiger partial charge in [0.2, 0.25) is 0 Å². The molecule has 0 aromatic rings. The Kier molecular flexibility index (Phi) is 5.81. The van der Waals surface area contributed by atoms with E-state index in [2.05, 4.69) is 4.72 Å². The van der Waals surface area contributed by atoms with E-state index in [-0.39, 0.29) is 6.04 Å². The Bertz CT molecular complexity index is 310. The molecule has 3 N–H and O–H groups in total. The molecule has 1 saturated carbocycles. The van der Waals surface area contributed by atoms with Gasteiger partial charge in [-0.15, -0.1) is 0 Å². The molecule has 0 amide bonds. The fourth-order valence-electron chi connectivity index (χ4n) is 2.07. The maximum Gasteiger partial charge on any atom is 0.279 e. The van der Waals surface area contributed by atoms with Gasteiger partial charge in [-0.2, -0.15) is 17.4 Å². The number of aliphatic hydroxyl groups excluding tert-OH is 2. The third-order valence-corrected chi connectivity index (χ3v) is 4.91. The average Bonchev–Trinajstić information content (AvgIpc) is 2.36. The molecule has 0 aromatic carbocycles. The number of rotatable bonds is 6. The molecule has 17 heavy (non-hydrogen) atoms. The van der Waals surface area contributed by atoms with E-state index < -0.39 is 29.5 Å². The number of nitrogens with one attached hydrogen (secondary N) is 1. The van der Waals surface area contributed by atoms with Gasteiger partial charge in [0.05, 0.1) is 19.3 Å². The van der Waals surface area contributed by atoms with Crippen LogP contribution >= 0.6 is 0 Å². The van der Waals surface area contributed by atoms with Crippen molar-refractivity contribution in [1.82, 2.24) is 9.03 Å². The minimum atomic E-state index is -3.62. The lowest BCUT2D eigenvalue weighted by Crippen LogP contribution is -2.50. The van der Waals surface area contributed by atoms with Crippen molar-refractivity contribution in [3.05, 3.63) is 0 Å². The van der Waals surface area contributed by atoms with Crippen molar-refractivity contribution < 1.29 is 18.6 Å². The van der Waals surface area contributed by atoms with Crippen LogP contribution in [0.2, 0.25) is 0 Å². The molecule has 0 saturated heterocycles. The Morgan fingerprint density at radius 3 is 2.24 bits per heavy atom. The molecule has 1 aliphatic rings. The normalized spacial score (nSPS) is 19.1. The summed E-state index contributed by atoms with van der Waals surface area (Å²) in [4.78, 5) is 0. The molecule has 6 nitrogen and oxygen atoms in total. The highest BCUT2D eigenvalue weighted by Gasteiger charge is 2.28. The zero-order chi connectivity index (χ0) is 12.9.